The molecular weight excluding hydrogens is 448 g/mol. The molecule has 3 rings (SSSR count). The lowest BCUT2D eigenvalue weighted by atomic mass is 9.84. The van der Waals surface area contributed by atoms with Gasteiger partial charge in [-0.1, -0.05) is 27.7 Å². The van der Waals surface area contributed by atoms with Gasteiger partial charge in [0.05, 0.1) is 20.3 Å². The molecule has 1 atom stereocenters. The van der Waals surface area contributed by atoms with Gasteiger partial charge in [-0.25, -0.2) is 5.01 Å². The Morgan fingerprint density at radius 1 is 1.03 bits per heavy atom. The standard InChI is InChI=1S/C27H36N2O6/c1-9-23(27(4,5)6)29(26(31)18-14-21(32-7)17(3)22(15-18)33-8)28-25(30)19-10-11-20-24(16(19)2)35-13-12-34-20/h10-11,14-15,23H,9,12-13H2,1-8H3,(H,28,30). The zero-order chi connectivity index (χ0) is 25.9. The normalized spacial score (nSPS) is 13.6. The van der Waals surface area contributed by atoms with Crippen LogP contribution in [0.2, 0.25) is 0 Å². The number of methoxy groups -OCH3 is 2. The summed E-state index contributed by atoms with van der Waals surface area (Å²) in [5, 5.41) is 1.43. The number of rotatable bonds is 6. The van der Waals surface area contributed by atoms with Gasteiger partial charge in [0.25, 0.3) is 11.8 Å². The van der Waals surface area contributed by atoms with Crippen molar-refractivity contribution in [2.45, 2.75) is 54.0 Å². The highest BCUT2D eigenvalue weighted by Crippen LogP contribution is 2.36. The molecule has 1 unspecified atom stereocenters. The van der Waals surface area contributed by atoms with Crippen molar-refractivity contribution in [2.24, 2.45) is 5.41 Å². The summed E-state index contributed by atoms with van der Waals surface area (Å²) < 4.78 is 22.3. The lowest BCUT2D eigenvalue weighted by Gasteiger charge is -2.39. The number of ether oxygens (including phenoxy) is 4. The molecule has 35 heavy (non-hydrogen) atoms. The van der Waals surface area contributed by atoms with Crippen LogP contribution in [0.15, 0.2) is 24.3 Å². The number of nitrogens with one attached hydrogen (secondary N) is 1. The van der Waals surface area contributed by atoms with Crippen molar-refractivity contribution < 1.29 is 28.5 Å². The second-order valence-corrected chi connectivity index (χ2v) is 9.67. The summed E-state index contributed by atoms with van der Waals surface area (Å²) in [5.74, 6) is 1.47. The molecule has 0 radical (unpaired) electrons. The predicted molar refractivity (Wildman–Crippen MR) is 134 cm³/mol. The molecule has 1 heterocycles. The van der Waals surface area contributed by atoms with Gasteiger partial charge < -0.3 is 18.9 Å². The molecular formula is C27H36N2O6. The van der Waals surface area contributed by atoms with Crippen molar-refractivity contribution in [1.82, 2.24) is 10.4 Å². The Bertz CT molecular complexity index is 1080. The lowest BCUT2D eigenvalue weighted by Crippen LogP contribution is -2.56. The summed E-state index contributed by atoms with van der Waals surface area (Å²) in [7, 11) is 3.09. The number of hydrogen-bond acceptors (Lipinski definition) is 6. The zero-order valence-corrected chi connectivity index (χ0v) is 21.9. The second-order valence-electron chi connectivity index (χ2n) is 9.67. The molecule has 0 aromatic heterocycles. The Hall–Kier alpha value is -3.42. The minimum absolute atomic E-state index is 0.283. The first-order valence-corrected chi connectivity index (χ1v) is 11.8. The Balaban J connectivity index is 2.03. The summed E-state index contributed by atoms with van der Waals surface area (Å²) >= 11 is 0. The molecule has 1 N–H and O–H groups in total. The van der Waals surface area contributed by atoms with E-state index in [-0.39, 0.29) is 17.4 Å². The lowest BCUT2D eigenvalue weighted by molar-refractivity contribution is 0.0284. The van der Waals surface area contributed by atoms with E-state index in [2.05, 4.69) is 5.43 Å². The van der Waals surface area contributed by atoms with Crippen LogP contribution in [0.25, 0.3) is 0 Å². The molecule has 2 aromatic carbocycles. The molecule has 2 aromatic rings. The summed E-state index contributed by atoms with van der Waals surface area (Å²) in [5.41, 5.74) is 4.80. The third kappa shape index (κ3) is 5.31. The highest BCUT2D eigenvalue weighted by Gasteiger charge is 2.35. The SMILES string of the molecule is CCC(N(NC(=O)c1ccc2c(c1C)OCCO2)C(=O)c1cc(OC)c(C)c(OC)c1)C(C)(C)C. The van der Waals surface area contributed by atoms with Crippen molar-refractivity contribution in [3.05, 3.63) is 46.5 Å². The van der Waals surface area contributed by atoms with E-state index in [0.717, 1.165) is 5.56 Å². The van der Waals surface area contributed by atoms with Crippen LogP contribution in [0.1, 0.15) is 66.0 Å². The van der Waals surface area contributed by atoms with Crippen molar-refractivity contribution in [2.75, 3.05) is 27.4 Å². The van der Waals surface area contributed by atoms with Gasteiger partial charge in [0.15, 0.2) is 11.5 Å². The van der Waals surface area contributed by atoms with Gasteiger partial charge in [-0.2, -0.15) is 0 Å². The Labute approximate surface area is 207 Å². The van der Waals surface area contributed by atoms with E-state index in [1.54, 1.807) is 38.5 Å². The van der Waals surface area contributed by atoms with Crippen molar-refractivity contribution in [3.8, 4) is 23.0 Å². The molecule has 1 aliphatic heterocycles. The minimum atomic E-state index is -0.401. The van der Waals surface area contributed by atoms with Crippen LogP contribution in [-0.4, -0.2) is 50.3 Å². The number of hydrogen-bond donors (Lipinski definition) is 1. The van der Waals surface area contributed by atoms with E-state index in [1.807, 2.05) is 41.5 Å². The smallest absolute Gasteiger partial charge is 0.272 e. The molecule has 1 aliphatic rings. The van der Waals surface area contributed by atoms with Gasteiger partial charge in [-0.3, -0.25) is 15.0 Å². The molecule has 0 spiro atoms. The maximum absolute atomic E-state index is 13.9. The molecule has 2 amide bonds. The van der Waals surface area contributed by atoms with Crippen LogP contribution in [0, 0.1) is 19.3 Å². The van der Waals surface area contributed by atoms with E-state index in [1.165, 1.54) is 5.01 Å². The van der Waals surface area contributed by atoms with Crippen molar-refractivity contribution >= 4 is 11.8 Å². The molecule has 0 fully saturated rings. The third-order valence-corrected chi connectivity index (χ3v) is 6.34. The van der Waals surface area contributed by atoms with E-state index < -0.39 is 5.91 Å². The topological polar surface area (TPSA) is 86.3 Å². The zero-order valence-electron chi connectivity index (χ0n) is 21.9. The van der Waals surface area contributed by atoms with E-state index >= 15 is 0 Å². The third-order valence-electron chi connectivity index (χ3n) is 6.34. The summed E-state index contributed by atoms with van der Waals surface area (Å²) in [6.45, 7) is 12.7. The minimum Gasteiger partial charge on any atom is -0.496 e. The van der Waals surface area contributed by atoms with E-state index in [4.69, 9.17) is 18.9 Å². The van der Waals surface area contributed by atoms with E-state index in [9.17, 15) is 9.59 Å². The Kier molecular flexibility index (Phi) is 7.83. The van der Waals surface area contributed by atoms with Crippen LogP contribution in [0.3, 0.4) is 0 Å². The monoisotopic (exact) mass is 484 g/mol. The average molecular weight is 485 g/mol. The van der Waals surface area contributed by atoms with Crippen LogP contribution in [0.4, 0.5) is 0 Å². The molecule has 0 saturated heterocycles. The van der Waals surface area contributed by atoms with Crippen molar-refractivity contribution in [1.29, 1.82) is 0 Å². The van der Waals surface area contributed by atoms with Gasteiger partial charge in [-0.05, 0) is 49.9 Å². The number of benzene rings is 2. The quantitative estimate of drug-likeness (QED) is 0.598. The summed E-state index contributed by atoms with van der Waals surface area (Å²) in [6.07, 6.45) is 0.635. The van der Waals surface area contributed by atoms with Crippen LogP contribution in [-0.2, 0) is 0 Å². The Morgan fingerprint density at radius 3 is 2.17 bits per heavy atom. The number of nitrogens with zero attached hydrogens (tertiary/aromatic N) is 1. The molecule has 8 nitrogen and oxygen atoms in total. The van der Waals surface area contributed by atoms with Crippen LogP contribution >= 0.6 is 0 Å². The molecule has 0 bridgehead atoms. The number of fused-ring (bicyclic) bond motifs is 1. The fourth-order valence-electron chi connectivity index (χ4n) is 4.47. The maximum Gasteiger partial charge on any atom is 0.272 e. The second kappa shape index (κ2) is 10.5. The fraction of sp³-hybridized carbons (Fsp3) is 0.481. The summed E-state index contributed by atoms with van der Waals surface area (Å²) in [6, 6.07) is 6.47. The number of amides is 2. The van der Waals surface area contributed by atoms with E-state index in [0.29, 0.717) is 59.3 Å². The van der Waals surface area contributed by atoms with Crippen LogP contribution in [0.5, 0.6) is 23.0 Å². The maximum atomic E-state index is 13.9. The molecule has 8 heteroatoms. The van der Waals surface area contributed by atoms with Gasteiger partial charge in [0.2, 0.25) is 0 Å². The molecule has 190 valence electrons. The van der Waals surface area contributed by atoms with Gasteiger partial charge >= 0.3 is 0 Å². The first-order valence-electron chi connectivity index (χ1n) is 11.8. The van der Waals surface area contributed by atoms with Crippen molar-refractivity contribution in [3.63, 3.8) is 0 Å². The number of hydrazine groups is 1. The first kappa shape index (κ1) is 26.2. The predicted octanol–water partition coefficient (Wildman–Crippen LogP) is 4.70. The molecule has 0 aliphatic carbocycles. The Morgan fingerprint density at radius 2 is 1.63 bits per heavy atom. The number of carbonyl (C=O) groups is 2. The fourth-order valence-corrected chi connectivity index (χ4v) is 4.47. The summed E-state index contributed by atoms with van der Waals surface area (Å²) in [4.78, 5) is 27.4. The largest absolute Gasteiger partial charge is 0.496 e. The van der Waals surface area contributed by atoms with Crippen LogP contribution < -0.4 is 24.4 Å². The molecule has 0 saturated carbocycles. The highest BCUT2D eigenvalue weighted by atomic mass is 16.6. The highest BCUT2D eigenvalue weighted by molar-refractivity contribution is 6.01. The van der Waals surface area contributed by atoms with Gasteiger partial charge in [0.1, 0.15) is 24.7 Å². The van der Waals surface area contributed by atoms with Gasteiger partial charge in [0, 0.05) is 22.3 Å². The number of carbonyl (C=O) groups excluding carboxylic acids is 2. The average Bonchev–Trinajstić information content (AvgIpc) is 2.83. The van der Waals surface area contributed by atoms with Gasteiger partial charge in [-0.15, -0.1) is 0 Å². The first-order chi connectivity index (χ1) is 16.5.